The SMILES string of the molecule is O=C(CN1C(=O)C(=O)c2ccc(F)cc21)c1cccs1. The van der Waals surface area contributed by atoms with Crippen molar-refractivity contribution in [3.63, 3.8) is 0 Å². The third-order valence-corrected chi connectivity index (χ3v) is 3.94. The molecule has 1 aliphatic rings. The van der Waals surface area contributed by atoms with E-state index < -0.39 is 17.5 Å². The highest BCUT2D eigenvalue weighted by molar-refractivity contribution is 7.12. The summed E-state index contributed by atoms with van der Waals surface area (Å²) < 4.78 is 13.3. The molecule has 100 valence electrons. The zero-order chi connectivity index (χ0) is 14.3. The lowest BCUT2D eigenvalue weighted by Gasteiger charge is -2.14. The van der Waals surface area contributed by atoms with Gasteiger partial charge in [-0.25, -0.2) is 4.39 Å². The molecular weight excluding hydrogens is 281 g/mol. The Kier molecular flexibility index (Phi) is 2.94. The van der Waals surface area contributed by atoms with E-state index >= 15 is 0 Å². The third-order valence-electron chi connectivity index (χ3n) is 3.03. The fourth-order valence-corrected chi connectivity index (χ4v) is 2.74. The average Bonchev–Trinajstić information content (AvgIpc) is 3.03. The Balaban J connectivity index is 1.95. The van der Waals surface area contributed by atoms with Crippen molar-refractivity contribution in [3.05, 3.63) is 52.0 Å². The third kappa shape index (κ3) is 1.94. The number of Topliss-reactive ketones (excluding diaryl/α,β-unsaturated/α-hetero) is 2. The van der Waals surface area contributed by atoms with Crippen LogP contribution in [0.5, 0.6) is 0 Å². The molecule has 0 saturated heterocycles. The summed E-state index contributed by atoms with van der Waals surface area (Å²) in [4.78, 5) is 37.2. The summed E-state index contributed by atoms with van der Waals surface area (Å²) in [5.74, 6) is -2.34. The number of rotatable bonds is 3. The van der Waals surface area contributed by atoms with Crippen LogP contribution < -0.4 is 4.90 Å². The lowest BCUT2D eigenvalue weighted by Crippen LogP contribution is -2.34. The van der Waals surface area contributed by atoms with Crippen molar-refractivity contribution in [1.29, 1.82) is 0 Å². The van der Waals surface area contributed by atoms with Gasteiger partial charge in [0.15, 0.2) is 5.78 Å². The number of anilines is 1. The van der Waals surface area contributed by atoms with E-state index in [1.807, 2.05) is 0 Å². The zero-order valence-electron chi connectivity index (χ0n) is 10.1. The largest absolute Gasteiger partial charge is 0.299 e. The van der Waals surface area contributed by atoms with Gasteiger partial charge in [-0.2, -0.15) is 0 Å². The van der Waals surface area contributed by atoms with Gasteiger partial charge < -0.3 is 0 Å². The Morgan fingerprint density at radius 3 is 2.75 bits per heavy atom. The summed E-state index contributed by atoms with van der Waals surface area (Å²) in [6.45, 7) is -0.262. The molecular formula is C14H8FNO3S. The number of nitrogens with zero attached hydrogens (tertiary/aromatic N) is 1. The Bertz CT molecular complexity index is 724. The van der Waals surface area contributed by atoms with Gasteiger partial charge in [0.1, 0.15) is 5.82 Å². The summed E-state index contributed by atoms with van der Waals surface area (Å²) >= 11 is 1.25. The number of thiophene rings is 1. The summed E-state index contributed by atoms with van der Waals surface area (Å²) in [5, 5.41) is 1.75. The van der Waals surface area contributed by atoms with E-state index in [1.54, 1.807) is 17.5 Å². The van der Waals surface area contributed by atoms with Crippen molar-refractivity contribution in [1.82, 2.24) is 0 Å². The van der Waals surface area contributed by atoms with Crippen molar-refractivity contribution in [3.8, 4) is 0 Å². The van der Waals surface area contributed by atoms with Gasteiger partial charge in [0.2, 0.25) is 0 Å². The standard InChI is InChI=1S/C14H8FNO3S/c15-8-3-4-9-10(6-8)16(14(19)13(9)18)7-11(17)12-2-1-5-20-12/h1-6H,7H2. The lowest BCUT2D eigenvalue weighted by molar-refractivity contribution is -0.114. The number of ketones is 2. The van der Waals surface area contributed by atoms with Crippen LogP contribution in [0, 0.1) is 5.82 Å². The summed E-state index contributed by atoms with van der Waals surface area (Å²) in [6.07, 6.45) is 0. The Hall–Kier alpha value is -2.34. The molecule has 2 aromatic rings. The quantitative estimate of drug-likeness (QED) is 0.643. The van der Waals surface area contributed by atoms with Crippen molar-refractivity contribution in [2.45, 2.75) is 0 Å². The van der Waals surface area contributed by atoms with E-state index in [2.05, 4.69) is 0 Å². The second-order valence-electron chi connectivity index (χ2n) is 4.28. The van der Waals surface area contributed by atoms with Crippen LogP contribution in [0.15, 0.2) is 35.7 Å². The molecule has 0 atom stereocenters. The van der Waals surface area contributed by atoms with E-state index in [4.69, 9.17) is 0 Å². The maximum Gasteiger partial charge on any atom is 0.299 e. The first kappa shape index (κ1) is 12.7. The molecule has 0 unspecified atom stereocenters. The van der Waals surface area contributed by atoms with Gasteiger partial charge in [0.25, 0.3) is 11.7 Å². The van der Waals surface area contributed by atoms with Crippen LogP contribution in [0.2, 0.25) is 0 Å². The van der Waals surface area contributed by atoms with Crippen LogP contribution in [-0.4, -0.2) is 24.0 Å². The van der Waals surface area contributed by atoms with Gasteiger partial charge in [-0.15, -0.1) is 11.3 Å². The molecule has 0 spiro atoms. The van der Waals surface area contributed by atoms with Crippen molar-refractivity contribution < 1.29 is 18.8 Å². The number of hydrogen-bond acceptors (Lipinski definition) is 4. The molecule has 0 N–H and O–H groups in total. The summed E-state index contributed by atoms with van der Waals surface area (Å²) in [5.41, 5.74) is 0.292. The number of hydrogen-bond donors (Lipinski definition) is 0. The van der Waals surface area contributed by atoms with Crippen LogP contribution in [0.25, 0.3) is 0 Å². The van der Waals surface area contributed by atoms with Crippen LogP contribution in [0.3, 0.4) is 0 Å². The molecule has 1 aromatic heterocycles. The van der Waals surface area contributed by atoms with E-state index in [1.165, 1.54) is 17.4 Å². The number of halogens is 1. The smallest absolute Gasteiger partial charge is 0.297 e. The van der Waals surface area contributed by atoms with Gasteiger partial charge in [-0.3, -0.25) is 19.3 Å². The number of carbonyl (C=O) groups is 3. The van der Waals surface area contributed by atoms with Crippen LogP contribution in [0.4, 0.5) is 10.1 Å². The van der Waals surface area contributed by atoms with E-state index in [0.29, 0.717) is 4.88 Å². The number of benzene rings is 1. The maximum absolute atomic E-state index is 13.3. The molecule has 1 amide bonds. The summed E-state index contributed by atoms with van der Waals surface area (Å²) in [6, 6.07) is 6.85. The second kappa shape index (κ2) is 4.64. The van der Waals surface area contributed by atoms with Crippen LogP contribution in [0.1, 0.15) is 20.0 Å². The highest BCUT2D eigenvalue weighted by Gasteiger charge is 2.37. The Morgan fingerprint density at radius 2 is 2.05 bits per heavy atom. The molecule has 1 aliphatic heterocycles. The fraction of sp³-hybridized carbons (Fsp3) is 0.0714. The molecule has 3 rings (SSSR count). The first-order chi connectivity index (χ1) is 9.58. The molecule has 2 heterocycles. The van der Waals surface area contributed by atoms with Gasteiger partial charge in [0, 0.05) is 0 Å². The molecule has 1 aromatic carbocycles. The maximum atomic E-state index is 13.3. The molecule has 6 heteroatoms. The Morgan fingerprint density at radius 1 is 1.25 bits per heavy atom. The minimum absolute atomic E-state index is 0.135. The lowest BCUT2D eigenvalue weighted by atomic mass is 10.1. The van der Waals surface area contributed by atoms with Gasteiger partial charge >= 0.3 is 0 Å². The predicted molar refractivity (Wildman–Crippen MR) is 71.7 cm³/mol. The molecule has 0 saturated carbocycles. The first-order valence-electron chi connectivity index (χ1n) is 5.80. The topological polar surface area (TPSA) is 54.5 Å². The highest BCUT2D eigenvalue weighted by atomic mass is 32.1. The number of carbonyl (C=O) groups excluding carboxylic acids is 3. The molecule has 0 radical (unpaired) electrons. The average molecular weight is 289 g/mol. The second-order valence-corrected chi connectivity index (χ2v) is 5.23. The van der Waals surface area contributed by atoms with E-state index in [9.17, 15) is 18.8 Å². The van der Waals surface area contributed by atoms with Crippen molar-refractivity contribution in [2.24, 2.45) is 0 Å². The van der Waals surface area contributed by atoms with Gasteiger partial charge in [-0.05, 0) is 29.6 Å². The molecule has 4 nitrogen and oxygen atoms in total. The predicted octanol–water partition coefficient (Wildman–Crippen LogP) is 2.30. The van der Waals surface area contributed by atoms with Crippen LogP contribution >= 0.6 is 11.3 Å². The minimum atomic E-state index is -0.796. The van der Waals surface area contributed by atoms with E-state index in [0.717, 1.165) is 17.0 Å². The fourth-order valence-electron chi connectivity index (χ4n) is 2.08. The summed E-state index contributed by atoms with van der Waals surface area (Å²) in [7, 11) is 0. The number of amides is 1. The van der Waals surface area contributed by atoms with Gasteiger partial charge in [0.05, 0.1) is 22.7 Å². The Labute approximate surface area is 117 Å². The van der Waals surface area contributed by atoms with Crippen molar-refractivity contribution in [2.75, 3.05) is 11.4 Å². The van der Waals surface area contributed by atoms with Crippen LogP contribution in [-0.2, 0) is 4.79 Å². The normalized spacial score (nSPS) is 13.8. The highest BCUT2D eigenvalue weighted by Crippen LogP contribution is 2.29. The first-order valence-corrected chi connectivity index (χ1v) is 6.68. The molecule has 0 fully saturated rings. The number of fused-ring (bicyclic) bond motifs is 1. The van der Waals surface area contributed by atoms with Gasteiger partial charge in [-0.1, -0.05) is 6.07 Å². The minimum Gasteiger partial charge on any atom is -0.297 e. The molecule has 0 aliphatic carbocycles. The van der Waals surface area contributed by atoms with Crippen molar-refractivity contribution >= 4 is 34.5 Å². The molecule has 20 heavy (non-hydrogen) atoms. The molecule has 0 bridgehead atoms. The van der Waals surface area contributed by atoms with E-state index in [-0.39, 0.29) is 23.6 Å². The monoisotopic (exact) mass is 289 g/mol. The zero-order valence-corrected chi connectivity index (χ0v) is 10.9.